The lowest BCUT2D eigenvalue weighted by atomic mass is 10.1. The monoisotopic (exact) mass is 277 g/mol. The van der Waals surface area contributed by atoms with Crippen molar-refractivity contribution >= 4 is 17.3 Å². The summed E-state index contributed by atoms with van der Waals surface area (Å²) in [6.45, 7) is 4.52. The van der Waals surface area contributed by atoms with Gasteiger partial charge in [0.15, 0.2) is 0 Å². The molecule has 6 nitrogen and oxygen atoms in total. The molecule has 1 amide bonds. The van der Waals surface area contributed by atoms with Crippen molar-refractivity contribution < 1.29 is 9.72 Å². The third-order valence-corrected chi connectivity index (χ3v) is 3.45. The second kappa shape index (κ2) is 5.48. The van der Waals surface area contributed by atoms with Gasteiger partial charge in [0.1, 0.15) is 5.69 Å². The number of amides is 1. The summed E-state index contributed by atoms with van der Waals surface area (Å²) in [5, 5.41) is 17.0. The highest BCUT2D eigenvalue weighted by Crippen LogP contribution is 2.35. The molecule has 6 heteroatoms. The Morgan fingerprint density at radius 1 is 1.45 bits per heavy atom. The highest BCUT2D eigenvalue weighted by molar-refractivity contribution is 6.02. The zero-order chi connectivity index (χ0) is 14.8. The van der Waals surface area contributed by atoms with Gasteiger partial charge in [-0.2, -0.15) is 0 Å². The first kappa shape index (κ1) is 14.3. The molecule has 0 heterocycles. The van der Waals surface area contributed by atoms with Crippen LogP contribution in [-0.2, 0) is 0 Å². The maximum absolute atomic E-state index is 12.3. The van der Waals surface area contributed by atoms with Crippen LogP contribution >= 0.6 is 0 Å². The van der Waals surface area contributed by atoms with Gasteiger partial charge in [-0.15, -0.1) is 0 Å². The second-order valence-corrected chi connectivity index (χ2v) is 5.40. The van der Waals surface area contributed by atoms with Crippen LogP contribution in [0.3, 0.4) is 0 Å². The standard InChI is InChI=1S/C14H19N3O3/c1-3-9-15-12-10(5-4-6-11(12)17(19)20)13(18)16-14(2)7-8-14/h4-6,15H,3,7-9H2,1-2H3,(H,16,18). The second-order valence-electron chi connectivity index (χ2n) is 5.40. The van der Waals surface area contributed by atoms with Crippen molar-refractivity contribution in [1.82, 2.24) is 5.32 Å². The number of anilines is 1. The van der Waals surface area contributed by atoms with Crippen LogP contribution in [0.5, 0.6) is 0 Å². The normalized spacial score (nSPS) is 15.5. The summed E-state index contributed by atoms with van der Waals surface area (Å²) < 4.78 is 0. The van der Waals surface area contributed by atoms with Gasteiger partial charge in [-0.05, 0) is 32.3 Å². The molecule has 0 bridgehead atoms. The van der Waals surface area contributed by atoms with Gasteiger partial charge in [0, 0.05) is 18.2 Å². The average molecular weight is 277 g/mol. The topological polar surface area (TPSA) is 84.3 Å². The van der Waals surface area contributed by atoms with E-state index in [9.17, 15) is 14.9 Å². The molecule has 0 aromatic heterocycles. The van der Waals surface area contributed by atoms with Gasteiger partial charge in [-0.25, -0.2) is 0 Å². The molecule has 0 radical (unpaired) electrons. The third-order valence-electron chi connectivity index (χ3n) is 3.45. The Hall–Kier alpha value is -2.11. The number of nitro groups is 1. The van der Waals surface area contributed by atoms with Crippen LogP contribution < -0.4 is 10.6 Å². The molecule has 2 rings (SSSR count). The van der Waals surface area contributed by atoms with Gasteiger partial charge in [0.05, 0.1) is 10.5 Å². The maximum Gasteiger partial charge on any atom is 0.293 e. The van der Waals surface area contributed by atoms with E-state index in [1.165, 1.54) is 6.07 Å². The Morgan fingerprint density at radius 3 is 2.70 bits per heavy atom. The summed E-state index contributed by atoms with van der Waals surface area (Å²) in [6, 6.07) is 4.57. The summed E-state index contributed by atoms with van der Waals surface area (Å²) in [5.41, 5.74) is 0.429. The Balaban J connectivity index is 2.32. The van der Waals surface area contributed by atoms with E-state index in [4.69, 9.17) is 0 Å². The molecule has 108 valence electrons. The smallest absolute Gasteiger partial charge is 0.293 e. The molecule has 1 aromatic carbocycles. The summed E-state index contributed by atoms with van der Waals surface area (Å²) in [5.74, 6) is -0.257. The van der Waals surface area contributed by atoms with Gasteiger partial charge in [-0.1, -0.05) is 13.0 Å². The number of hydrogen-bond donors (Lipinski definition) is 2. The van der Waals surface area contributed by atoms with E-state index in [0.717, 1.165) is 19.3 Å². The number of nitrogens with zero attached hydrogens (tertiary/aromatic N) is 1. The van der Waals surface area contributed by atoms with E-state index in [1.54, 1.807) is 12.1 Å². The number of nitrogens with one attached hydrogen (secondary N) is 2. The van der Waals surface area contributed by atoms with E-state index in [1.807, 2.05) is 13.8 Å². The van der Waals surface area contributed by atoms with Crippen LogP contribution in [0.1, 0.15) is 43.5 Å². The first-order valence-electron chi connectivity index (χ1n) is 6.80. The number of benzene rings is 1. The molecule has 0 unspecified atom stereocenters. The van der Waals surface area contributed by atoms with E-state index < -0.39 is 4.92 Å². The van der Waals surface area contributed by atoms with Gasteiger partial charge in [-0.3, -0.25) is 14.9 Å². The average Bonchev–Trinajstić information content (AvgIpc) is 3.13. The lowest BCUT2D eigenvalue weighted by Crippen LogP contribution is -2.34. The quantitative estimate of drug-likeness (QED) is 0.618. The van der Waals surface area contributed by atoms with Gasteiger partial charge in [0.25, 0.3) is 11.6 Å². The molecule has 0 atom stereocenters. The highest BCUT2D eigenvalue weighted by atomic mass is 16.6. The predicted molar refractivity (Wildman–Crippen MR) is 77.0 cm³/mol. The minimum absolute atomic E-state index is 0.0629. The van der Waals surface area contributed by atoms with Crippen LogP contribution in [0.15, 0.2) is 18.2 Å². The van der Waals surface area contributed by atoms with Crippen molar-refractivity contribution in [3.05, 3.63) is 33.9 Å². The van der Waals surface area contributed by atoms with Gasteiger partial charge < -0.3 is 10.6 Å². The summed E-state index contributed by atoms with van der Waals surface area (Å²) in [7, 11) is 0. The Morgan fingerprint density at radius 2 is 2.15 bits per heavy atom. The van der Waals surface area contributed by atoms with Gasteiger partial charge in [0.2, 0.25) is 0 Å². The number of hydrogen-bond acceptors (Lipinski definition) is 4. The van der Waals surface area contributed by atoms with Crippen molar-refractivity contribution in [1.29, 1.82) is 0 Å². The van der Waals surface area contributed by atoms with Crippen LogP contribution in [0.4, 0.5) is 11.4 Å². The first-order chi connectivity index (χ1) is 9.47. The fourth-order valence-electron chi connectivity index (χ4n) is 1.97. The first-order valence-corrected chi connectivity index (χ1v) is 6.80. The Bertz CT molecular complexity index is 538. The van der Waals surface area contributed by atoms with Crippen LogP contribution in [0.2, 0.25) is 0 Å². The summed E-state index contributed by atoms with van der Waals surface area (Å²) in [4.78, 5) is 22.9. The molecule has 1 aromatic rings. The van der Waals surface area contributed by atoms with E-state index >= 15 is 0 Å². The molecule has 0 aliphatic heterocycles. The summed E-state index contributed by atoms with van der Waals surface area (Å²) in [6.07, 6.45) is 2.72. The molecule has 0 saturated heterocycles. The number of nitro benzene ring substituents is 1. The van der Waals surface area contributed by atoms with E-state index in [2.05, 4.69) is 10.6 Å². The fraction of sp³-hybridized carbons (Fsp3) is 0.500. The van der Waals surface area contributed by atoms with E-state index in [0.29, 0.717) is 17.8 Å². The minimum Gasteiger partial charge on any atom is -0.379 e. The van der Waals surface area contributed by atoms with Crippen molar-refractivity contribution in [3.63, 3.8) is 0 Å². The maximum atomic E-state index is 12.3. The zero-order valence-corrected chi connectivity index (χ0v) is 11.7. The fourth-order valence-corrected chi connectivity index (χ4v) is 1.97. The van der Waals surface area contributed by atoms with Crippen LogP contribution in [0.25, 0.3) is 0 Å². The van der Waals surface area contributed by atoms with Crippen molar-refractivity contribution in [3.8, 4) is 0 Å². The zero-order valence-electron chi connectivity index (χ0n) is 11.7. The van der Waals surface area contributed by atoms with Crippen molar-refractivity contribution in [2.45, 2.75) is 38.6 Å². The largest absolute Gasteiger partial charge is 0.379 e. The molecular formula is C14H19N3O3. The number of carbonyl (C=O) groups is 1. The Labute approximate surface area is 117 Å². The lowest BCUT2D eigenvalue weighted by molar-refractivity contribution is -0.384. The molecule has 2 N–H and O–H groups in total. The van der Waals surface area contributed by atoms with Crippen molar-refractivity contribution in [2.75, 3.05) is 11.9 Å². The lowest BCUT2D eigenvalue weighted by Gasteiger charge is -2.15. The Kier molecular flexibility index (Phi) is 3.92. The predicted octanol–water partition coefficient (Wildman–Crippen LogP) is 2.70. The molecular weight excluding hydrogens is 258 g/mol. The molecule has 1 fully saturated rings. The minimum atomic E-state index is -0.465. The number of para-hydroxylation sites is 1. The van der Waals surface area contributed by atoms with E-state index in [-0.39, 0.29) is 17.1 Å². The third kappa shape index (κ3) is 3.07. The van der Waals surface area contributed by atoms with Gasteiger partial charge >= 0.3 is 0 Å². The number of carbonyl (C=O) groups excluding carboxylic acids is 1. The molecule has 20 heavy (non-hydrogen) atoms. The molecule has 1 saturated carbocycles. The highest BCUT2D eigenvalue weighted by Gasteiger charge is 2.39. The van der Waals surface area contributed by atoms with Crippen LogP contribution in [-0.4, -0.2) is 22.9 Å². The molecule has 1 aliphatic rings. The molecule has 0 spiro atoms. The number of rotatable bonds is 6. The SMILES string of the molecule is CCCNc1c(C(=O)NC2(C)CC2)cccc1[N+](=O)[O-]. The van der Waals surface area contributed by atoms with Crippen molar-refractivity contribution in [2.24, 2.45) is 0 Å². The summed E-state index contributed by atoms with van der Waals surface area (Å²) >= 11 is 0. The molecule has 1 aliphatic carbocycles. The van der Waals surface area contributed by atoms with Crippen LogP contribution in [0, 0.1) is 10.1 Å².